The Morgan fingerprint density at radius 2 is 1.62 bits per heavy atom. The Bertz CT molecular complexity index is 905. The lowest BCUT2D eigenvalue weighted by molar-refractivity contribution is -0.146. The van der Waals surface area contributed by atoms with Gasteiger partial charge >= 0.3 is 11.9 Å². The average molecular weight is 359 g/mol. The smallest absolute Gasteiger partial charge is 0.345 e. The molecular weight excluding hydrogens is 338 g/mol. The second-order valence-electron chi connectivity index (χ2n) is 5.37. The molecule has 0 saturated heterocycles. The van der Waals surface area contributed by atoms with Crippen LogP contribution in [0.2, 0.25) is 0 Å². The van der Waals surface area contributed by atoms with Crippen molar-refractivity contribution >= 4 is 28.4 Å². The molecule has 7 heteroatoms. The van der Waals surface area contributed by atoms with Crippen LogP contribution < -0.4 is 10.3 Å². The lowest BCUT2D eigenvalue weighted by atomic mass is 9.97. The number of hydrogen-bond acceptors (Lipinski definition) is 6. The van der Waals surface area contributed by atoms with E-state index >= 15 is 0 Å². The summed E-state index contributed by atoms with van der Waals surface area (Å²) in [6, 6.07) is 6.36. The van der Waals surface area contributed by atoms with Gasteiger partial charge < -0.3 is 19.2 Å². The van der Waals surface area contributed by atoms with E-state index in [1.807, 2.05) is 0 Å². The van der Waals surface area contributed by atoms with E-state index in [1.165, 1.54) is 13.2 Å². The van der Waals surface area contributed by atoms with E-state index in [2.05, 4.69) is 4.98 Å². The van der Waals surface area contributed by atoms with Gasteiger partial charge in [0.05, 0.1) is 25.8 Å². The van der Waals surface area contributed by atoms with Gasteiger partial charge in [-0.1, -0.05) is 6.07 Å². The topological polar surface area (TPSA) is 94.7 Å². The van der Waals surface area contributed by atoms with Crippen LogP contribution >= 0.6 is 0 Å². The molecule has 0 atom stereocenters. The summed E-state index contributed by atoms with van der Waals surface area (Å²) in [5.41, 5.74) is 0.996. The molecule has 0 saturated carbocycles. The predicted molar refractivity (Wildman–Crippen MR) is 97.0 cm³/mol. The van der Waals surface area contributed by atoms with Crippen molar-refractivity contribution in [1.29, 1.82) is 0 Å². The maximum absolute atomic E-state index is 12.3. The highest BCUT2D eigenvalue weighted by Crippen LogP contribution is 2.31. The molecule has 1 aromatic heterocycles. The summed E-state index contributed by atoms with van der Waals surface area (Å²) < 4.78 is 15.3. The molecule has 7 nitrogen and oxygen atoms in total. The number of allylic oxidation sites excluding steroid dienone is 1. The van der Waals surface area contributed by atoms with Crippen LogP contribution in [-0.4, -0.2) is 37.2 Å². The van der Waals surface area contributed by atoms with Gasteiger partial charge in [-0.25, -0.2) is 9.59 Å². The normalized spacial score (nSPS) is 10.3. The summed E-state index contributed by atoms with van der Waals surface area (Å²) in [5.74, 6) is -1.03. The highest BCUT2D eigenvalue weighted by atomic mass is 16.6. The number of benzene rings is 1. The van der Waals surface area contributed by atoms with Crippen LogP contribution in [0.15, 0.2) is 34.6 Å². The molecule has 1 heterocycles. The third-order valence-electron chi connectivity index (χ3n) is 3.81. The first-order valence-electron chi connectivity index (χ1n) is 8.20. The summed E-state index contributed by atoms with van der Waals surface area (Å²) in [4.78, 5) is 39.0. The second-order valence-corrected chi connectivity index (χ2v) is 5.37. The highest BCUT2D eigenvalue weighted by Gasteiger charge is 2.25. The Kier molecular flexibility index (Phi) is 6.16. The number of hydrogen-bond donors (Lipinski definition) is 1. The SMILES string of the molecule is CCOC(=O)C(C(=O)OCC)=C(C)c1ccc(OC)c2[nH]c(=O)ccc12. The number of fused-ring (bicyclic) bond motifs is 1. The van der Waals surface area contributed by atoms with Crippen molar-refractivity contribution in [2.75, 3.05) is 20.3 Å². The minimum atomic E-state index is -0.753. The van der Waals surface area contributed by atoms with Gasteiger partial charge in [-0.3, -0.25) is 4.79 Å². The number of esters is 2. The molecule has 0 fully saturated rings. The lowest BCUT2D eigenvalue weighted by Crippen LogP contribution is -2.20. The van der Waals surface area contributed by atoms with E-state index in [4.69, 9.17) is 14.2 Å². The van der Waals surface area contributed by atoms with Crippen molar-refractivity contribution in [3.05, 3.63) is 45.8 Å². The van der Waals surface area contributed by atoms with Crippen LogP contribution in [0, 0.1) is 0 Å². The molecular formula is C19H21NO6. The van der Waals surface area contributed by atoms with Crippen molar-refractivity contribution in [2.45, 2.75) is 20.8 Å². The third-order valence-corrected chi connectivity index (χ3v) is 3.81. The average Bonchev–Trinajstić information content (AvgIpc) is 2.61. The van der Waals surface area contributed by atoms with Crippen molar-refractivity contribution < 1.29 is 23.8 Å². The van der Waals surface area contributed by atoms with E-state index in [-0.39, 0.29) is 24.3 Å². The zero-order chi connectivity index (χ0) is 19.3. The minimum absolute atomic E-state index is 0.131. The molecule has 0 bridgehead atoms. The van der Waals surface area contributed by atoms with Crippen LogP contribution in [0.3, 0.4) is 0 Å². The fraction of sp³-hybridized carbons (Fsp3) is 0.316. The molecule has 26 heavy (non-hydrogen) atoms. The number of carbonyl (C=O) groups is 2. The Morgan fingerprint density at radius 3 is 2.15 bits per heavy atom. The Morgan fingerprint density at radius 1 is 1.00 bits per heavy atom. The second kappa shape index (κ2) is 8.33. The van der Waals surface area contributed by atoms with Crippen molar-refractivity contribution in [3.8, 4) is 5.75 Å². The number of nitrogens with one attached hydrogen (secondary N) is 1. The number of methoxy groups -OCH3 is 1. The van der Waals surface area contributed by atoms with Crippen molar-refractivity contribution in [3.63, 3.8) is 0 Å². The first-order chi connectivity index (χ1) is 12.4. The van der Waals surface area contributed by atoms with E-state index in [0.29, 0.717) is 27.8 Å². The first kappa shape index (κ1) is 19.2. The number of carbonyl (C=O) groups excluding carboxylic acids is 2. The van der Waals surface area contributed by atoms with Gasteiger partial charge in [0.15, 0.2) is 0 Å². The van der Waals surface area contributed by atoms with Gasteiger partial charge in [0.2, 0.25) is 5.56 Å². The van der Waals surface area contributed by atoms with Crippen LogP contribution in [0.5, 0.6) is 5.75 Å². The van der Waals surface area contributed by atoms with Gasteiger partial charge in [-0.15, -0.1) is 0 Å². The van der Waals surface area contributed by atoms with E-state index in [9.17, 15) is 14.4 Å². The summed E-state index contributed by atoms with van der Waals surface area (Å²) >= 11 is 0. The number of H-pyrrole nitrogens is 1. The Hall–Kier alpha value is -3.09. The molecule has 0 aliphatic heterocycles. The van der Waals surface area contributed by atoms with Gasteiger partial charge in [-0.2, -0.15) is 0 Å². The molecule has 0 spiro atoms. The molecule has 1 N–H and O–H groups in total. The van der Waals surface area contributed by atoms with Gasteiger partial charge in [0, 0.05) is 11.5 Å². The summed E-state index contributed by atoms with van der Waals surface area (Å²) in [5, 5.41) is 0.632. The minimum Gasteiger partial charge on any atom is -0.495 e. The zero-order valence-corrected chi connectivity index (χ0v) is 15.2. The quantitative estimate of drug-likeness (QED) is 0.368. The fourth-order valence-electron chi connectivity index (χ4n) is 2.65. The molecule has 0 radical (unpaired) electrons. The number of ether oxygens (including phenoxy) is 3. The summed E-state index contributed by atoms with van der Waals surface area (Å²) in [7, 11) is 1.49. The van der Waals surface area contributed by atoms with Crippen LogP contribution in [0.4, 0.5) is 0 Å². The van der Waals surface area contributed by atoms with Gasteiger partial charge in [0.1, 0.15) is 11.3 Å². The number of aromatic amines is 1. The first-order valence-corrected chi connectivity index (χ1v) is 8.20. The molecule has 138 valence electrons. The molecule has 1 aromatic carbocycles. The summed E-state index contributed by atoms with van der Waals surface area (Å²) in [6.45, 7) is 5.21. The van der Waals surface area contributed by atoms with E-state index < -0.39 is 11.9 Å². The predicted octanol–water partition coefficient (Wildman–Crippen LogP) is 2.44. The van der Waals surface area contributed by atoms with E-state index in [1.54, 1.807) is 39.0 Å². The molecule has 0 unspecified atom stereocenters. The highest BCUT2D eigenvalue weighted by molar-refractivity contribution is 6.21. The van der Waals surface area contributed by atoms with Crippen molar-refractivity contribution in [1.82, 2.24) is 4.98 Å². The number of pyridine rings is 1. The maximum Gasteiger partial charge on any atom is 0.345 e. The Balaban J connectivity index is 2.76. The van der Waals surface area contributed by atoms with Crippen LogP contribution in [-0.2, 0) is 19.1 Å². The number of aromatic nitrogens is 1. The largest absolute Gasteiger partial charge is 0.495 e. The maximum atomic E-state index is 12.3. The van der Waals surface area contributed by atoms with Gasteiger partial charge in [-0.05, 0) is 44.0 Å². The third kappa shape index (κ3) is 3.77. The van der Waals surface area contributed by atoms with Crippen molar-refractivity contribution in [2.24, 2.45) is 0 Å². The van der Waals surface area contributed by atoms with Crippen LogP contribution in [0.25, 0.3) is 16.5 Å². The molecule has 0 amide bonds. The molecule has 0 aliphatic rings. The molecule has 0 aliphatic carbocycles. The summed E-state index contributed by atoms with van der Waals surface area (Å²) in [6.07, 6.45) is 0. The lowest BCUT2D eigenvalue weighted by Gasteiger charge is -2.14. The molecule has 2 aromatic rings. The van der Waals surface area contributed by atoms with Crippen LogP contribution in [0.1, 0.15) is 26.3 Å². The fourth-order valence-corrected chi connectivity index (χ4v) is 2.65. The van der Waals surface area contributed by atoms with Gasteiger partial charge in [0.25, 0.3) is 0 Å². The zero-order valence-electron chi connectivity index (χ0n) is 15.2. The number of rotatable bonds is 6. The molecule has 2 rings (SSSR count). The van der Waals surface area contributed by atoms with E-state index in [0.717, 1.165) is 0 Å². The Labute approximate surface area is 150 Å². The standard InChI is InChI=1S/C19H21NO6/c1-5-25-18(22)16(19(23)26-6-2)11(3)12-7-9-14(24-4)17-13(12)8-10-15(21)20-17/h7-10H,5-6H2,1-4H3,(H,20,21). The monoisotopic (exact) mass is 359 g/mol.